The molecule has 0 amide bonds. The summed E-state index contributed by atoms with van der Waals surface area (Å²) in [7, 11) is 0. The van der Waals surface area contributed by atoms with Crippen molar-refractivity contribution in [2.24, 2.45) is 11.3 Å². The summed E-state index contributed by atoms with van der Waals surface area (Å²) in [6.45, 7) is 9.50. The molecule has 1 saturated carbocycles. The molecule has 1 aliphatic carbocycles. The Bertz CT molecular complexity index is 250. The quantitative estimate of drug-likeness (QED) is 0.724. The van der Waals surface area contributed by atoms with E-state index in [-0.39, 0.29) is 6.10 Å². The van der Waals surface area contributed by atoms with E-state index in [1.165, 1.54) is 51.6 Å². The van der Waals surface area contributed by atoms with Gasteiger partial charge in [-0.25, -0.2) is 0 Å². The predicted molar refractivity (Wildman–Crippen MR) is 76.6 cm³/mol. The zero-order valence-corrected chi connectivity index (χ0v) is 12.5. The van der Waals surface area contributed by atoms with Gasteiger partial charge >= 0.3 is 0 Å². The Morgan fingerprint density at radius 2 is 1.50 bits per heavy atom. The molecule has 1 heterocycles. The second kappa shape index (κ2) is 5.92. The number of nitrogens with zero attached hydrogens (tertiary/aromatic N) is 1. The zero-order valence-electron chi connectivity index (χ0n) is 12.5. The predicted octanol–water partition coefficient (Wildman–Crippen LogP) is 3.44. The molecule has 2 unspecified atom stereocenters. The first-order valence-electron chi connectivity index (χ1n) is 7.90. The molecule has 0 aromatic heterocycles. The molecular formula is C16H31NO. The van der Waals surface area contributed by atoms with Crippen LogP contribution in [0.5, 0.6) is 0 Å². The van der Waals surface area contributed by atoms with E-state index < -0.39 is 0 Å². The Morgan fingerprint density at radius 1 is 0.889 bits per heavy atom. The van der Waals surface area contributed by atoms with Crippen LogP contribution < -0.4 is 0 Å². The van der Waals surface area contributed by atoms with Gasteiger partial charge in [0.15, 0.2) is 0 Å². The Kier molecular flexibility index (Phi) is 4.71. The van der Waals surface area contributed by atoms with E-state index in [4.69, 9.17) is 0 Å². The van der Waals surface area contributed by atoms with Crippen molar-refractivity contribution in [3.05, 3.63) is 0 Å². The van der Waals surface area contributed by atoms with Crippen molar-refractivity contribution in [3.63, 3.8) is 0 Å². The van der Waals surface area contributed by atoms with Gasteiger partial charge in [0, 0.05) is 6.04 Å². The highest BCUT2D eigenvalue weighted by molar-refractivity contribution is 4.87. The highest BCUT2D eigenvalue weighted by Gasteiger charge is 2.33. The molecule has 0 aromatic carbocycles. The molecule has 2 nitrogen and oxygen atoms in total. The Balaban J connectivity index is 1.88. The number of hydrogen-bond acceptors (Lipinski definition) is 2. The second-order valence-electron chi connectivity index (χ2n) is 7.45. The lowest BCUT2D eigenvalue weighted by Crippen LogP contribution is -2.48. The standard InChI is InChI=1S/C16H31NO/c1-16(2,3)13-9-11-17(12-10-13)14-7-5-4-6-8-15(14)18/h13-15,18H,4-12H2,1-3H3. The van der Waals surface area contributed by atoms with Gasteiger partial charge in [-0.05, 0) is 50.1 Å². The van der Waals surface area contributed by atoms with Crippen molar-refractivity contribution < 1.29 is 5.11 Å². The lowest BCUT2D eigenvalue weighted by Gasteiger charge is -2.43. The molecule has 2 fully saturated rings. The zero-order chi connectivity index (χ0) is 13.2. The molecule has 1 aliphatic heterocycles. The fourth-order valence-electron chi connectivity index (χ4n) is 3.79. The van der Waals surface area contributed by atoms with Crippen LogP contribution in [0.1, 0.15) is 65.7 Å². The highest BCUT2D eigenvalue weighted by atomic mass is 16.3. The van der Waals surface area contributed by atoms with Crippen LogP contribution in [0, 0.1) is 11.3 Å². The van der Waals surface area contributed by atoms with Gasteiger partial charge in [-0.2, -0.15) is 0 Å². The number of hydrogen-bond donors (Lipinski definition) is 1. The Morgan fingerprint density at radius 3 is 2.11 bits per heavy atom. The van der Waals surface area contributed by atoms with Crippen molar-refractivity contribution in [2.75, 3.05) is 13.1 Å². The third kappa shape index (κ3) is 3.48. The molecular weight excluding hydrogens is 222 g/mol. The van der Waals surface area contributed by atoms with Crippen molar-refractivity contribution in [3.8, 4) is 0 Å². The highest BCUT2D eigenvalue weighted by Crippen LogP contribution is 2.36. The summed E-state index contributed by atoms with van der Waals surface area (Å²) in [5, 5.41) is 10.3. The number of aliphatic hydroxyl groups excluding tert-OH is 1. The van der Waals surface area contributed by atoms with Crippen LogP contribution >= 0.6 is 0 Å². The summed E-state index contributed by atoms with van der Waals surface area (Å²) in [5.74, 6) is 0.858. The van der Waals surface area contributed by atoms with Crippen molar-refractivity contribution in [1.29, 1.82) is 0 Å². The first kappa shape index (κ1) is 14.3. The molecule has 0 aromatic rings. The number of likely N-dealkylation sites (tertiary alicyclic amines) is 1. The minimum Gasteiger partial charge on any atom is -0.391 e. The van der Waals surface area contributed by atoms with Crippen LogP contribution in [0.3, 0.4) is 0 Å². The maximum absolute atomic E-state index is 10.3. The molecule has 106 valence electrons. The monoisotopic (exact) mass is 253 g/mol. The summed E-state index contributed by atoms with van der Waals surface area (Å²) in [5.41, 5.74) is 0.453. The average molecular weight is 253 g/mol. The first-order chi connectivity index (χ1) is 8.48. The van der Waals surface area contributed by atoms with Gasteiger partial charge in [-0.3, -0.25) is 4.90 Å². The second-order valence-corrected chi connectivity index (χ2v) is 7.45. The summed E-state index contributed by atoms with van der Waals surface area (Å²) in [6, 6.07) is 0.452. The van der Waals surface area contributed by atoms with E-state index in [0.29, 0.717) is 11.5 Å². The van der Waals surface area contributed by atoms with Crippen LogP contribution in [0.25, 0.3) is 0 Å². The van der Waals surface area contributed by atoms with Crippen molar-refractivity contribution in [1.82, 2.24) is 4.90 Å². The molecule has 0 bridgehead atoms. The minimum absolute atomic E-state index is 0.0707. The average Bonchev–Trinajstić information content (AvgIpc) is 2.53. The van der Waals surface area contributed by atoms with Gasteiger partial charge in [0.05, 0.1) is 6.10 Å². The van der Waals surface area contributed by atoms with E-state index in [2.05, 4.69) is 25.7 Å². The van der Waals surface area contributed by atoms with Crippen LogP contribution in [0.15, 0.2) is 0 Å². The summed E-state index contributed by atoms with van der Waals surface area (Å²) < 4.78 is 0. The normalized spacial score (nSPS) is 33.3. The van der Waals surface area contributed by atoms with Gasteiger partial charge in [0.1, 0.15) is 0 Å². The molecule has 2 rings (SSSR count). The first-order valence-corrected chi connectivity index (χ1v) is 7.90. The van der Waals surface area contributed by atoms with Crippen LogP contribution in [-0.2, 0) is 0 Å². The lowest BCUT2D eigenvalue weighted by molar-refractivity contribution is 0.0117. The van der Waals surface area contributed by atoms with E-state index in [1.807, 2.05) is 0 Å². The Hall–Kier alpha value is -0.0800. The third-order valence-corrected chi connectivity index (χ3v) is 5.17. The largest absolute Gasteiger partial charge is 0.391 e. The molecule has 1 saturated heterocycles. The summed E-state index contributed by atoms with van der Waals surface area (Å²) in [6.07, 6.45) is 8.62. The third-order valence-electron chi connectivity index (χ3n) is 5.17. The van der Waals surface area contributed by atoms with Crippen molar-refractivity contribution in [2.45, 2.75) is 77.9 Å². The molecule has 2 aliphatic rings. The van der Waals surface area contributed by atoms with Gasteiger partial charge in [-0.1, -0.05) is 40.0 Å². The molecule has 1 N–H and O–H groups in total. The van der Waals surface area contributed by atoms with E-state index in [0.717, 1.165) is 12.3 Å². The van der Waals surface area contributed by atoms with Gasteiger partial charge in [0.2, 0.25) is 0 Å². The van der Waals surface area contributed by atoms with Crippen molar-refractivity contribution >= 4 is 0 Å². The molecule has 2 heteroatoms. The maximum atomic E-state index is 10.3. The van der Waals surface area contributed by atoms with Gasteiger partial charge in [-0.15, -0.1) is 0 Å². The molecule has 2 atom stereocenters. The fourth-order valence-corrected chi connectivity index (χ4v) is 3.79. The van der Waals surface area contributed by atoms with E-state index in [9.17, 15) is 5.11 Å². The van der Waals surface area contributed by atoms with E-state index in [1.54, 1.807) is 0 Å². The number of piperidine rings is 1. The number of rotatable bonds is 1. The topological polar surface area (TPSA) is 23.5 Å². The van der Waals surface area contributed by atoms with Gasteiger partial charge in [0.25, 0.3) is 0 Å². The van der Waals surface area contributed by atoms with E-state index >= 15 is 0 Å². The van der Waals surface area contributed by atoms with Gasteiger partial charge < -0.3 is 5.11 Å². The summed E-state index contributed by atoms with van der Waals surface area (Å²) >= 11 is 0. The van der Waals surface area contributed by atoms with Crippen LogP contribution in [0.4, 0.5) is 0 Å². The smallest absolute Gasteiger partial charge is 0.0695 e. The Labute approximate surface area is 113 Å². The summed E-state index contributed by atoms with van der Waals surface area (Å²) in [4.78, 5) is 2.58. The lowest BCUT2D eigenvalue weighted by atomic mass is 9.75. The molecule has 18 heavy (non-hydrogen) atoms. The molecule has 0 radical (unpaired) electrons. The van der Waals surface area contributed by atoms with Crippen LogP contribution in [0.2, 0.25) is 0 Å². The van der Waals surface area contributed by atoms with Crippen LogP contribution in [-0.4, -0.2) is 35.2 Å². The maximum Gasteiger partial charge on any atom is 0.0695 e. The fraction of sp³-hybridized carbons (Fsp3) is 1.00. The minimum atomic E-state index is -0.0707. The molecule has 0 spiro atoms. The number of aliphatic hydroxyl groups is 1. The SMILES string of the molecule is CC(C)(C)C1CCN(C2CCCCCC2O)CC1.